The molecule has 2 heterocycles. The van der Waals surface area contributed by atoms with Gasteiger partial charge in [-0.25, -0.2) is 4.98 Å². The van der Waals surface area contributed by atoms with Gasteiger partial charge in [-0.2, -0.15) is 0 Å². The van der Waals surface area contributed by atoms with Crippen molar-refractivity contribution in [3.8, 4) is 0 Å². The summed E-state index contributed by atoms with van der Waals surface area (Å²) in [5, 5.41) is 3.18. The quantitative estimate of drug-likeness (QED) is 0.822. The van der Waals surface area contributed by atoms with Crippen molar-refractivity contribution in [2.75, 3.05) is 32.4 Å². The SMILES string of the molecule is CN1CCC(CNC(=O)c2cc(N)nc(Cl)c2)CC1. The molecule has 0 aliphatic carbocycles. The summed E-state index contributed by atoms with van der Waals surface area (Å²) >= 11 is 5.78. The first-order chi connectivity index (χ1) is 9.04. The van der Waals surface area contributed by atoms with Gasteiger partial charge in [-0.15, -0.1) is 0 Å². The monoisotopic (exact) mass is 282 g/mol. The Hall–Kier alpha value is -1.33. The lowest BCUT2D eigenvalue weighted by atomic mass is 9.97. The van der Waals surface area contributed by atoms with Crippen LogP contribution in [0.25, 0.3) is 0 Å². The lowest BCUT2D eigenvalue weighted by Gasteiger charge is -2.28. The number of nitrogens with one attached hydrogen (secondary N) is 1. The van der Waals surface area contributed by atoms with E-state index < -0.39 is 0 Å². The minimum Gasteiger partial charge on any atom is -0.384 e. The summed E-state index contributed by atoms with van der Waals surface area (Å²) in [6.07, 6.45) is 2.24. The predicted octanol–water partition coefficient (Wildman–Crippen LogP) is 1.39. The van der Waals surface area contributed by atoms with Crippen molar-refractivity contribution in [3.63, 3.8) is 0 Å². The molecular formula is C13H19ClN4O. The summed E-state index contributed by atoms with van der Waals surface area (Å²) in [6.45, 7) is 2.88. The molecule has 0 saturated carbocycles. The first-order valence-electron chi connectivity index (χ1n) is 6.44. The van der Waals surface area contributed by atoms with Crippen LogP contribution in [0.2, 0.25) is 5.15 Å². The van der Waals surface area contributed by atoms with E-state index in [1.807, 2.05) is 0 Å². The number of carbonyl (C=O) groups excluding carboxylic acids is 1. The zero-order valence-electron chi connectivity index (χ0n) is 11.0. The number of amides is 1. The fraction of sp³-hybridized carbons (Fsp3) is 0.538. The maximum atomic E-state index is 12.0. The van der Waals surface area contributed by atoms with Crippen LogP contribution >= 0.6 is 11.6 Å². The molecule has 0 spiro atoms. The maximum Gasteiger partial charge on any atom is 0.251 e. The van der Waals surface area contributed by atoms with Gasteiger partial charge in [0.05, 0.1) is 0 Å². The molecule has 0 atom stereocenters. The number of nitrogens with two attached hydrogens (primary N) is 1. The van der Waals surface area contributed by atoms with Crippen LogP contribution in [0.4, 0.5) is 5.82 Å². The van der Waals surface area contributed by atoms with E-state index in [0.717, 1.165) is 25.9 Å². The minimum absolute atomic E-state index is 0.144. The molecule has 1 aromatic heterocycles. The number of nitrogen functional groups attached to an aromatic ring is 1. The lowest BCUT2D eigenvalue weighted by molar-refractivity contribution is 0.0939. The highest BCUT2D eigenvalue weighted by atomic mass is 35.5. The lowest BCUT2D eigenvalue weighted by Crippen LogP contribution is -2.36. The molecule has 1 amide bonds. The number of piperidine rings is 1. The largest absolute Gasteiger partial charge is 0.384 e. The van der Waals surface area contributed by atoms with Gasteiger partial charge in [0.2, 0.25) is 0 Å². The summed E-state index contributed by atoms with van der Waals surface area (Å²) in [6, 6.07) is 3.07. The van der Waals surface area contributed by atoms with Gasteiger partial charge in [0.25, 0.3) is 5.91 Å². The van der Waals surface area contributed by atoms with E-state index in [0.29, 0.717) is 18.0 Å². The Kier molecular flexibility index (Phi) is 4.61. The second-order valence-electron chi connectivity index (χ2n) is 5.06. The van der Waals surface area contributed by atoms with Crippen LogP contribution in [-0.4, -0.2) is 42.5 Å². The van der Waals surface area contributed by atoms with E-state index >= 15 is 0 Å². The molecule has 1 fully saturated rings. The van der Waals surface area contributed by atoms with Crippen LogP contribution in [0.15, 0.2) is 12.1 Å². The number of hydrogen-bond acceptors (Lipinski definition) is 4. The number of halogens is 1. The Morgan fingerprint density at radius 3 is 2.84 bits per heavy atom. The smallest absolute Gasteiger partial charge is 0.251 e. The molecule has 1 aliphatic rings. The van der Waals surface area contributed by atoms with Crippen LogP contribution in [-0.2, 0) is 0 Å². The number of aromatic nitrogens is 1. The van der Waals surface area contributed by atoms with E-state index in [-0.39, 0.29) is 16.9 Å². The average molecular weight is 283 g/mol. The molecule has 1 saturated heterocycles. The minimum atomic E-state index is -0.144. The van der Waals surface area contributed by atoms with Gasteiger partial charge < -0.3 is 16.0 Å². The average Bonchev–Trinajstić information content (AvgIpc) is 2.36. The summed E-state index contributed by atoms with van der Waals surface area (Å²) in [4.78, 5) is 18.1. The molecular weight excluding hydrogens is 264 g/mol. The molecule has 5 nitrogen and oxygen atoms in total. The van der Waals surface area contributed by atoms with Crippen molar-refractivity contribution in [2.45, 2.75) is 12.8 Å². The van der Waals surface area contributed by atoms with Crippen molar-refractivity contribution in [2.24, 2.45) is 5.92 Å². The Morgan fingerprint density at radius 2 is 2.21 bits per heavy atom. The normalized spacial score (nSPS) is 17.4. The third-order valence-electron chi connectivity index (χ3n) is 3.47. The standard InChI is InChI=1S/C13H19ClN4O/c1-18-4-2-9(3-5-18)8-16-13(19)10-6-11(14)17-12(15)7-10/h6-7,9H,2-5,8H2,1H3,(H2,15,17)(H,16,19). The van der Waals surface area contributed by atoms with Crippen molar-refractivity contribution >= 4 is 23.3 Å². The highest BCUT2D eigenvalue weighted by molar-refractivity contribution is 6.29. The molecule has 0 unspecified atom stereocenters. The highest BCUT2D eigenvalue weighted by Crippen LogP contribution is 2.16. The highest BCUT2D eigenvalue weighted by Gasteiger charge is 2.17. The molecule has 0 radical (unpaired) electrons. The molecule has 3 N–H and O–H groups in total. The number of likely N-dealkylation sites (tertiary alicyclic amines) is 1. The second-order valence-corrected chi connectivity index (χ2v) is 5.45. The molecule has 104 valence electrons. The van der Waals surface area contributed by atoms with Gasteiger partial charge in [-0.3, -0.25) is 4.79 Å². The van der Waals surface area contributed by atoms with Gasteiger partial charge in [-0.05, 0) is 51.0 Å². The predicted molar refractivity (Wildman–Crippen MR) is 76.2 cm³/mol. The Balaban J connectivity index is 1.87. The van der Waals surface area contributed by atoms with Crippen molar-refractivity contribution in [1.29, 1.82) is 0 Å². The number of hydrogen-bond donors (Lipinski definition) is 2. The van der Waals surface area contributed by atoms with Crippen molar-refractivity contribution in [3.05, 3.63) is 22.8 Å². The van der Waals surface area contributed by atoms with E-state index in [2.05, 4.69) is 22.2 Å². The van der Waals surface area contributed by atoms with Gasteiger partial charge in [0.15, 0.2) is 0 Å². The van der Waals surface area contributed by atoms with Gasteiger partial charge in [-0.1, -0.05) is 11.6 Å². The Labute approximate surface area is 118 Å². The van der Waals surface area contributed by atoms with Crippen LogP contribution in [0.3, 0.4) is 0 Å². The Morgan fingerprint density at radius 1 is 1.53 bits per heavy atom. The Bertz CT molecular complexity index is 438. The molecule has 6 heteroatoms. The number of nitrogens with zero attached hydrogens (tertiary/aromatic N) is 2. The number of rotatable bonds is 3. The maximum absolute atomic E-state index is 12.0. The van der Waals surface area contributed by atoms with E-state index in [9.17, 15) is 4.79 Å². The molecule has 19 heavy (non-hydrogen) atoms. The molecule has 0 bridgehead atoms. The molecule has 0 aromatic carbocycles. The fourth-order valence-electron chi connectivity index (χ4n) is 2.25. The van der Waals surface area contributed by atoms with Crippen molar-refractivity contribution in [1.82, 2.24) is 15.2 Å². The zero-order chi connectivity index (χ0) is 13.8. The number of anilines is 1. The zero-order valence-corrected chi connectivity index (χ0v) is 11.8. The molecule has 1 aromatic rings. The summed E-state index contributed by atoms with van der Waals surface area (Å²) in [5.41, 5.74) is 6.03. The number of carbonyl (C=O) groups is 1. The third-order valence-corrected chi connectivity index (χ3v) is 3.66. The molecule has 2 rings (SSSR count). The van der Waals surface area contributed by atoms with E-state index in [1.54, 1.807) is 0 Å². The molecule has 1 aliphatic heterocycles. The number of pyridine rings is 1. The van der Waals surface area contributed by atoms with Crippen molar-refractivity contribution < 1.29 is 4.79 Å². The van der Waals surface area contributed by atoms with Crippen LogP contribution in [0, 0.1) is 5.92 Å². The van der Waals surface area contributed by atoms with Crippen LogP contribution in [0.1, 0.15) is 23.2 Å². The first-order valence-corrected chi connectivity index (χ1v) is 6.82. The summed E-state index contributed by atoms with van der Waals surface area (Å²) in [5.74, 6) is 0.668. The van der Waals surface area contributed by atoms with Gasteiger partial charge >= 0.3 is 0 Å². The van der Waals surface area contributed by atoms with Gasteiger partial charge in [0, 0.05) is 12.1 Å². The van der Waals surface area contributed by atoms with E-state index in [4.69, 9.17) is 17.3 Å². The van der Waals surface area contributed by atoms with Gasteiger partial charge in [0.1, 0.15) is 11.0 Å². The first kappa shape index (κ1) is 14.1. The summed E-state index contributed by atoms with van der Waals surface area (Å²) < 4.78 is 0. The van der Waals surface area contributed by atoms with E-state index in [1.165, 1.54) is 12.1 Å². The third kappa shape index (κ3) is 4.08. The van der Waals surface area contributed by atoms with Crippen LogP contribution in [0.5, 0.6) is 0 Å². The summed E-state index contributed by atoms with van der Waals surface area (Å²) in [7, 11) is 2.12. The topological polar surface area (TPSA) is 71.2 Å². The van der Waals surface area contributed by atoms with Crippen LogP contribution < -0.4 is 11.1 Å². The fourth-order valence-corrected chi connectivity index (χ4v) is 2.47. The second kappa shape index (κ2) is 6.21.